The summed E-state index contributed by atoms with van der Waals surface area (Å²) in [6, 6.07) is 6.58. The molecular weight excluding hydrogens is 421 g/mol. The first-order valence-electron chi connectivity index (χ1n) is 11.1. The molecule has 0 bridgehead atoms. The lowest BCUT2D eigenvalue weighted by molar-refractivity contribution is -0.131. The molecule has 5 nitrogen and oxygen atoms in total. The highest BCUT2D eigenvalue weighted by Gasteiger charge is 2.28. The molecule has 3 rings (SSSR count). The van der Waals surface area contributed by atoms with Gasteiger partial charge in [0.1, 0.15) is 6.10 Å². The normalized spacial score (nSPS) is 26.4. The number of anilines is 1. The van der Waals surface area contributed by atoms with E-state index in [4.69, 9.17) is 27.9 Å². The van der Waals surface area contributed by atoms with E-state index in [0.29, 0.717) is 22.1 Å². The maximum absolute atomic E-state index is 12.0. The number of nitrogens with one attached hydrogen (secondary N) is 1. The molecule has 2 atom stereocenters. The third-order valence-electron chi connectivity index (χ3n) is 6.72. The zero-order valence-electron chi connectivity index (χ0n) is 18.4. The molecule has 1 amide bonds. The highest BCUT2D eigenvalue weighted by atomic mass is 35.5. The summed E-state index contributed by atoms with van der Waals surface area (Å²) in [6.45, 7) is 8.26. The second kappa shape index (κ2) is 11.0. The minimum absolute atomic E-state index is 0.00705. The number of carbonyl (C=O) groups is 1. The van der Waals surface area contributed by atoms with E-state index >= 15 is 0 Å². The van der Waals surface area contributed by atoms with Gasteiger partial charge in [-0.3, -0.25) is 9.69 Å². The van der Waals surface area contributed by atoms with Gasteiger partial charge in [0.15, 0.2) is 0 Å². The lowest BCUT2D eigenvalue weighted by Crippen LogP contribution is -2.52. The molecule has 1 heterocycles. The first kappa shape index (κ1) is 23.6. The summed E-state index contributed by atoms with van der Waals surface area (Å²) in [5.74, 6) is 0.765. The Bertz CT molecular complexity index is 710. The molecule has 1 unspecified atom stereocenters. The Morgan fingerprint density at radius 3 is 2.63 bits per heavy atom. The van der Waals surface area contributed by atoms with E-state index in [-0.39, 0.29) is 12.0 Å². The molecule has 2 fully saturated rings. The van der Waals surface area contributed by atoms with Gasteiger partial charge in [-0.1, -0.05) is 29.3 Å². The van der Waals surface area contributed by atoms with Gasteiger partial charge < -0.3 is 15.0 Å². The third-order valence-corrected chi connectivity index (χ3v) is 7.53. The molecule has 1 aromatic rings. The first-order valence-corrected chi connectivity index (χ1v) is 11.9. The van der Waals surface area contributed by atoms with Crippen LogP contribution in [0.5, 0.6) is 0 Å². The van der Waals surface area contributed by atoms with Crippen molar-refractivity contribution < 1.29 is 9.53 Å². The van der Waals surface area contributed by atoms with Crippen molar-refractivity contribution >= 4 is 34.8 Å². The van der Waals surface area contributed by atoms with Crippen LogP contribution in [0.3, 0.4) is 0 Å². The summed E-state index contributed by atoms with van der Waals surface area (Å²) in [5.41, 5.74) is 1.04. The quantitative estimate of drug-likeness (QED) is 0.651. The van der Waals surface area contributed by atoms with Crippen LogP contribution in [-0.2, 0) is 9.53 Å². The number of halogens is 2. The molecular formula is C23H35Cl2N3O2. The molecule has 1 aromatic carbocycles. The topological polar surface area (TPSA) is 44.8 Å². The fourth-order valence-corrected chi connectivity index (χ4v) is 5.10. The van der Waals surface area contributed by atoms with Gasteiger partial charge in [-0.2, -0.15) is 0 Å². The number of piperazine rings is 1. The average molecular weight is 456 g/mol. The molecule has 1 saturated heterocycles. The smallest absolute Gasteiger partial charge is 0.249 e. The minimum atomic E-state index is -0.370. The van der Waals surface area contributed by atoms with Crippen LogP contribution in [0.1, 0.15) is 46.0 Å². The van der Waals surface area contributed by atoms with Gasteiger partial charge in [-0.25, -0.2) is 0 Å². The predicted octanol–water partition coefficient (Wildman–Crippen LogP) is 4.60. The fraction of sp³-hybridized carbons (Fsp3) is 0.696. The van der Waals surface area contributed by atoms with E-state index in [2.05, 4.69) is 28.1 Å². The average Bonchev–Trinajstić information content (AvgIpc) is 2.75. The molecule has 30 heavy (non-hydrogen) atoms. The number of methoxy groups -OCH3 is 1. The summed E-state index contributed by atoms with van der Waals surface area (Å²) in [6.07, 6.45) is 5.40. The van der Waals surface area contributed by atoms with Crippen LogP contribution in [-0.4, -0.2) is 62.3 Å². The molecule has 0 aromatic heterocycles. The molecule has 1 saturated carbocycles. The number of rotatable bonds is 7. The van der Waals surface area contributed by atoms with Crippen molar-refractivity contribution in [1.82, 2.24) is 10.2 Å². The van der Waals surface area contributed by atoms with Gasteiger partial charge in [0.25, 0.3) is 0 Å². The minimum Gasteiger partial charge on any atom is -0.372 e. The Kier molecular flexibility index (Phi) is 8.70. The fourth-order valence-electron chi connectivity index (χ4n) is 4.69. The maximum Gasteiger partial charge on any atom is 0.249 e. The van der Waals surface area contributed by atoms with Crippen LogP contribution in [0.2, 0.25) is 10.0 Å². The lowest BCUT2D eigenvalue weighted by atomic mass is 9.84. The molecule has 0 spiro atoms. The Morgan fingerprint density at radius 2 is 1.97 bits per heavy atom. The Morgan fingerprint density at radius 1 is 1.23 bits per heavy atom. The van der Waals surface area contributed by atoms with Crippen molar-refractivity contribution in [2.24, 2.45) is 5.92 Å². The van der Waals surface area contributed by atoms with E-state index in [0.717, 1.165) is 50.6 Å². The van der Waals surface area contributed by atoms with Gasteiger partial charge in [-0.15, -0.1) is 0 Å². The third kappa shape index (κ3) is 6.03. The maximum atomic E-state index is 12.0. The van der Waals surface area contributed by atoms with Crippen LogP contribution in [0.4, 0.5) is 5.69 Å². The highest BCUT2D eigenvalue weighted by molar-refractivity contribution is 6.43. The number of ether oxygens (including phenoxy) is 1. The second-order valence-corrected chi connectivity index (χ2v) is 9.59. The second-order valence-electron chi connectivity index (χ2n) is 8.81. The van der Waals surface area contributed by atoms with Crippen molar-refractivity contribution in [3.8, 4) is 0 Å². The van der Waals surface area contributed by atoms with Gasteiger partial charge in [-0.05, 0) is 70.5 Å². The summed E-state index contributed by atoms with van der Waals surface area (Å²) >= 11 is 12.6. The molecule has 1 aliphatic carbocycles. The largest absolute Gasteiger partial charge is 0.372 e. The molecule has 1 aliphatic heterocycles. The first-order chi connectivity index (χ1) is 14.4. The standard InChI is InChI=1S/C23H35Cl2N3O2/c1-16-15-27(13-14-28(16)21-6-4-5-20(24)22(21)25)12-11-18-7-9-19(10-8-18)26-23(29)17(2)30-3/h4-6,16-19H,7-15H2,1-3H3,(H,26,29)/t16-,17?,18?,19?/m1/s1. The zero-order chi connectivity index (χ0) is 21.7. The number of benzene rings is 1. The van der Waals surface area contributed by atoms with Gasteiger partial charge >= 0.3 is 0 Å². The molecule has 2 aliphatic rings. The molecule has 168 valence electrons. The van der Waals surface area contributed by atoms with Crippen LogP contribution >= 0.6 is 23.2 Å². The summed E-state index contributed by atoms with van der Waals surface area (Å²) in [5, 5.41) is 4.40. The van der Waals surface area contributed by atoms with E-state index < -0.39 is 0 Å². The van der Waals surface area contributed by atoms with E-state index in [9.17, 15) is 4.79 Å². The zero-order valence-corrected chi connectivity index (χ0v) is 19.9. The van der Waals surface area contributed by atoms with Crippen molar-refractivity contribution in [2.45, 2.75) is 64.1 Å². The predicted molar refractivity (Wildman–Crippen MR) is 125 cm³/mol. The van der Waals surface area contributed by atoms with Gasteiger partial charge in [0, 0.05) is 38.8 Å². The number of hydrogen-bond acceptors (Lipinski definition) is 4. The Balaban J connectivity index is 1.40. The number of nitrogens with zero attached hydrogens (tertiary/aromatic N) is 2. The summed E-state index contributed by atoms with van der Waals surface area (Å²) in [4.78, 5) is 16.9. The summed E-state index contributed by atoms with van der Waals surface area (Å²) in [7, 11) is 1.57. The van der Waals surface area contributed by atoms with Crippen LogP contribution in [0.15, 0.2) is 18.2 Å². The number of carbonyl (C=O) groups excluding carboxylic acids is 1. The van der Waals surface area contributed by atoms with Crippen LogP contribution in [0, 0.1) is 5.92 Å². The Hall–Kier alpha value is -1.01. The van der Waals surface area contributed by atoms with E-state index in [1.54, 1.807) is 14.0 Å². The number of hydrogen-bond donors (Lipinski definition) is 1. The molecule has 1 N–H and O–H groups in total. The lowest BCUT2D eigenvalue weighted by Gasteiger charge is -2.42. The monoisotopic (exact) mass is 455 g/mol. The van der Waals surface area contributed by atoms with E-state index in [1.165, 1.54) is 19.3 Å². The van der Waals surface area contributed by atoms with Crippen LogP contribution < -0.4 is 10.2 Å². The molecule has 7 heteroatoms. The van der Waals surface area contributed by atoms with Crippen molar-refractivity contribution in [1.29, 1.82) is 0 Å². The van der Waals surface area contributed by atoms with E-state index in [1.807, 2.05) is 12.1 Å². The molecule has 0 radical (unpaired) electrons. The van der Waals surface area contributed by atoms with Crippen LogP contribution in [0.25, 0.3) is 0 Å². The van der Waals surface area contributed by atoms with Crippen molar-refractivity contribution in [3.05, 3.63) is 28.2 Å². The highest BCUT2D eigenvalue weighted by Crippen LogP contribution is 2.34. The van der Waals surface area contributed by atoms with Gasteiger partial charge in [0.05, 0.1) is 15.7 Å². The van der Waals surface area contributed by atoms with Crippen molar-refractivity contribution in [3.63, 3.8) is 0 Å². The number of amides is 1. The Labute approximate surface area is 191 Å². The van der Waals surface area contributed by atoms with Gasteiger partial charge in [0.2, 0.25) is 5.91 Å². The summed E-state index contributed by atoms with van der Waals surface area (Å²) < 4.78 is 5.10. The SMILES string of the molecule is COC(C)C(=O)NC1CCC(CCN2CCN(c3cccc(Cl)c3Cl)[C@H](C)C2)CC1. The van der Waals surface area contributed by atoms with Crippen molar-refractivity contribution in [2.75, 3.05) is 38.2 Å².